The second kappa shape index (κ2) is 5.92. The average Bonchev–Trinajstić information content (AvgIpc) is 2.18. The Morgan fingerprint density at radius 2 is 1.80 bits per heavy atom. The van der Waals surface area contributed by atoms with Gasteiger partial charge in [0.05, 0.1) is 0 Å². The molecule has 4 unspecified atom stereocenters. The summed E-state index contributed by atoms with van der Waals surface area (Å²) in [6, 6.07) is 0. The first-order valence-electron chi connectivity index (χ1n) is 7.11. The van der Waals surface area contributed by atoms with E-state index >= 15 is 0 Å². The number of rotatable bonds is 4. The molecule has 0 aliphatic heterocycles. The maximum Gasteiger partial charge on any atom is -0.0334 e. The summed E-state index contributed by atoms with van der Waals surface area (Å²) >= 11 is 0. The molecule has 1 rings (SSSR count). The Morgan fingerprint density at radius 3 is 2.27 bits per heavy atom. The summed E-state index contributed by atoms with van der Waals surface area (Å²) < 4.78 is 0. The minimum atomic E-state index is 0.880. The van der Waals surface area contributed by atoms with E-state index in [9.17, 15) is 0 Å². The second-order valence-corrected chi connectivity index (χ2v) is 6.00. The molecule has 0 amide bonds. The lowest BCUT2D eigenvalue weighted by molar-refractivity contribution is 0.0537. The quantitative estimate of drug-likeness (QED) is 0.603. The molecule has 0 saturated heterocycles. The monoisotopic (exact) mass is 210 g/mol. The molecule has 4 atom stereocenters. The van der Waals surface area contributed by atoms with E-state index in [2.05, 4.69) is 34.6 Å². The Morgan fingerprint density at radius 1 is 1.13 bits per heavy atom. The third-order valence-electron chi connectivity index (χ3n) is 4.67. The molecule has 0 radical (unpaired) electrons. The molecule has 0 aromatic heterocycles. The van der Waals surface area contributed by atoms with Gasteiger partial charge in [0.25, 0.3) is 0 Å². The molecule has 0 heterocycles. The fourth-order valence-corrected chi connectivity index (χ4v) is 4.04. The SMILES string of the molecule is CCCC1C(CC)CCC(C)C1C(C)C. The summed E-state index contributed by atoms with van der Waals surface area (Å²) in [7, 11) is 0. The van der Waals surface area contributed by atoms with E-state index in [-0.39, 0.29) is 0 Å². The first-order chi connectivity index (χ1) is 7.11. The van der Waals surface area contributed by atoms with Crippen LogP contribution in [0.1, 0.15) is 66.7 Å². The topological polar surface area (TPSA) is 0 Å². The van der Waals surface area contributed by atoms with Gasteiger partial charge in [-0.05, 0) is 36.0 Å². The van der Waals surface area contributed by atoms with Crippen molar-refractivity contribution in [3.63, 3.8) is 0 Å². The molecule has 1 aliphatic carbocycles. The zero-order chi connectivity index (χ0) is 11.4. The summed E-state index contributed by atoms with van der Waals surface area (Å²) in [6.07, 6.45) is 7.20. The van der Waals surface area contributed by atoms with Gasteiger partial charge in [-0.2, -0.15) is 0 Å². The fourth-order valence-electron chi connectivity index (χ4n) is 4.04. The highest BCUT2D eigenvalue weighted by atomic mass is 14.4. The predicted molar refractivity (Wildman–Crippen MR) is 68.9 cm³/mol. The van der Waals surface area contributed by atoms with Crippen molar-refractivity contribution in [3.8, 4) is 0 Å². The van der Waals surface area contributed by atoms with Gasteiger partial charge in [-0.1, -0.05) is 60.3 Å². The van der Waals surface area contributed by atoms with Gasteiger partial charge in [-0.15, -0.1) is 0 Å². The fraction of sp³-hybridized carbons (Fsp3) is 1.00. The van der Waals surface area contributed by atoms with Crippen LogP contribution in [0.4, 0.5) is 0 Å². The second-order valence-electron chi connectivity index (χ2n) is 6.00. The van der Waals surface area contributed by atoms with E-state index in [1.54, 1.807) is 0 Å². The molecule has 1 aliphatic rings. The van der Waals surface area contributed by atoms with Gasteiger partial charge >= 0.3 is 0 Å². The van der Waals surface area contributed by atoms with Gasteiger partial charge in [-0.25, -0.2) is 0 Å². The van der Waals surface area contributed by atoms with Crippen molar-refractivity contribution >= 4 is 0 Å². The van der Waals surface area contributed by atoms with Gasteiger partial charge in [-0.3, -0.25) is 0 Å². The van der Waals surface area contributed by atoms with Gasteiger partial charge in [0.15, 0.2) is 0 Å². The van der Waals surface area contributed by atoms with Crippen molar-refractivity contribution in [2.75, 3.05) is 0 Å². The van der Waals surface area contributed by atoms with Gasteiger partial charge < -0.3 is 0 Å². The van der Waals surface area contributed by atoms with Crippen molar-refractivity contribution in [1.29, 1.82) is 0 Å². The Labute approximate surface area is 96.8 Å². The van der Waals surface area contributed by atoms with Crippen LogP contribution >= 0.6 is 0 Å². The first-order valence-corrected chi connectivity index (χ1v) is 7.11. The third-order valence-corrected chi connectivity index (χ3v) is 4.67. The Hall–Kier alpha value is 0. The van der Waals surface area contributed by atoms with Crippen LogP contribution < -0.4 is 0 Å². The summed E-state index contributed by atoms with van der Waals surface area (Å²) in [5, 5.41) is 0. The van der Waals surface area contributed by atoms with Crippen molar-refractivity contribution in [3.05, 3.63) is 0 Å². The van der Waals surface area contributed by atoms with Crippen molar-refractivity contribution in [2.45, 2.75) is 66.7 Å². The van der Waals surface area contributed by atoms with Crippen LogP contribution in [0.2, 0.25) is 0 Å². The highest BCUT2D eigenvalue weighted by Crippen LogP contribution is 2.45. The summed E-state index contributed by atoms with van der Waals surface area (Å²) in [4.78, 5) is 0. The standard InChI is InChI=1S/C15H30/c1-6-8-14-13(7-2)10-9-12(5)15(14)11(3)4/h11-15H,6-10H2,1-5H3. The van der Waals surface area contributed by atoms with E-state index in [1.807, 2.05) is 0 Å². The first kappa shape index (κ1) is 13.1. The Balaban J connectivity index is 2.75. The van der Waals surface area contributed by atoms with Crippen LogP contribution in [0.15, 0.2) is 0 Å². The third kappa shape index (κ3) is 2.98. The van der Waals surface area contributed by atoms with Crippen molar-refractivity contribution in [2.24, 2.45) is 29.6 Å². The molecule has 0 aromatic carbocycles. The van der Waals surface area contributed by atoms with Crippen LogP contribution in [0.3, 0.4) is 0 Å². The van der Waals surface area contributed by atoms with Gasteiger partial charge in [0.1, 0.15) is 0 Å². The minimum Gasteiger partial charge on any atom is -0.0654 e. The lowest BCUT2D eigenvalue weighted by Gasteiger charge is -2.44. The number of hydrogen-bond donors (Lipinski definition) is 0. The van der Waals surface area contributed by atoms with E-state index in [4.69, 9.17) is 0 Å². The number of hydrogen-bond acceptors (Lipinski definition) is 0. The molecular formula is C15H30. The Kier molecular flexibility index (Phi) is 5.15. The molecule has 0 nitrogen and oxygen atoms in total. The molecule has 1 fully saturated rings. The van der Waals surface area contributed by atoms with Crippen molar-refractivity contribution < 1.29 is 0 Å². The highest BCUT2D eigenvalue weighted by molar-refractivity contribution is 4.86. The van der Waals surface area contributed by atoms with Gasteiger partial charge in [0.2, 0.25) is 0 Å². The van der Waals surface area contributed by atoms with E-state index in [0.29, 0.717) is 0 Å². The maximum atomic E-state index is 2.49. The van der Waals surface area contributed by atoms with E-state index in [0.717, 1.165) is 29.6 Å². The van der Waals surface area contributed by atoms with Crippen LogP contribution in [-0.4, -0.2) is 0 Å². The smallest absolute Gasteiger partial charge is 0.0334 e. The summed E-state index contributed by atoms with van der Waals surface area (Å²) in [5.41, 5.74) is 0. The predicted octanol–water partition coefficient (Wildman–Crippen LogP) is 5.13. The molecule has 0 spiro atoms. The lowest BCUT2D eigenvalue weighted by Crippen LogP contribution is -2.36. The van der Waals surface area contributed by atoms with Crippen LogP contribution in [0.5, 0.6) is 0 Å². The molecule has 0 aromatic rings. The van der Waals surface area contributed by atoms with Crippen LogP contribution in [-0.2, 0) is 0 Å². The Bertz CT molecular complexity index is 171. The summed E-state index contributed by atoms with van der Waals surface area (Å²) in [5.74, 6) is 4.87. The molecule has 0 N–H and O–H groups in total. The van der Waals surface area contributed by atoms with Gasteiger partial charge in [0, 0.05) is 0 Å². The summed E-state index contributed by atoms with van der Waals surface area (Å²) in [6.45, 7) is 12.1. The zero-order valence-corrected chi connectivity index (χ0v) is 11.4. The molecule has 0 heteroatoms. The van der Waals surface area contributed by atoms with Crippen LogP contribution in [0.25, 0.3) is 0 Å². The molecule has 15 heavy (non-hydrogen) atoms. The highest BCUT2D eigenvalue weighted by Gasteiger charge is 2.37. The average molecular weight is 210 g/mol. The molecule has 90 valence electrons. The molecular weight excluding hydrogens is 180 g/mol. The maximum absolute atomic E-state index is 2.49. The lowest BCUT2D eigenvalue weighted by atomic mass is 9.61. The van der Waals surface area contributed by atoms with Crippen molar-refractivity contribution in [1.82, 2.24) is 0 Å². The van der Waals surface area contributed by atoms with E-state index < -0.39 is 0 Å². The molecule has 1 saturated carbocycles. The largest absolute Gasteiger partial charge is 0.0654 e. The molecule has 0 bridgehead atoms. The van der Waals surface area contributed by atoms with E-state index in [1.165, 1.54) is 32.1 Å². The minimum absolute atomic E-state index is 0.880. The normalized spacial score (nSPS) is 37.2. The van der Waals surface area contributed by atoms with Crippen LogP contribution in [0, 0.1) is 29.6 Å². The zero-order valence-electron chi connectivity index (χ0n) is 11.4.